The van der Waals surface area contributed by atoms with E-state index in [4.69, 9.17) is 21.1 Å². The number of rotatable bonds is 6. The van der Waals surface area contributed by atoms with Gasteiger partial charge in [-0.05, 0) is 49.4 Å². The molecule has 0 aliphatic carbocycles. The largest absolute Gasteiger partial charge is 0.497 e. The molecule has 0 saturated carbocycles. The summed E-state index contributed by atoms with van der Waals surface area (Å²) in [5.74, 6) is 1.13. The van der Waals surface area contributed by atoms with Crippen LogP contribution >= 0.6 is 11.6 Å². The van der Waals surface area contributed by atoms with Crippen LogP contribution in [0.15, 0.2) is 53.3 Å². The molecule has 8 heteroatoms. The predicted octanol–water partition coefficient (Wildman–Crippen LogP) is 3.53. The lowest BCUT2D eigenvalue weighted by atomic mass is 10.2. The third-order valence-corrected chi connectivity index (χ3v) is 4.46. The van der Waals surface area contributed by atoms with Gasteiger partial charge in [-0.3, -0.25) is 14.2 Å². The molecule has 1 aromatic heterocycles. The van der Waals surface area contributed by atoms with Crippen molar-refractivity contribution in [2.45, 2.75) is 13.5 Å². The zero-order valence-corrected chi connectivity index (χ0v) is 17.0. The quantitative estimate of drug-likeness (QED) is 0.668. The molecular weight excluding hydrogens is 394 g/mol. The molecule has 0 unspecified atom stereocenters. The molecule has 3 rings (SSSR count). The summed E-state index contributed by atoms with van der Waals surface area (Å²) < 4.78 is 11.7. The highest BCUT2D eigenvalue weighted by Gasteiger charge is 2.15. The SMILES string of the molecule is COc1ccc(-c2nc(C)cc(=O)n2CC(=O)Nc2cc(Cl)ccc2OC)cc1. The molecule has 1 amide bonds. The number of hydrogen-bond donors (Lipinski definition) is 1. The molecule has 0 saturated heterocycles. The van der Waals surface area contributed by atoms with Gasteiger partial charge < -0.3 is 14.8 Å². The maximum absolute atomic E-state index is 12.7. The molecule has 1 heterocycles. The Kier molecular flexibility index (Phi) is 6.19. The first-order valence-electron chi connectivity index (χ1n) is 8.77. The van der Waals surface area contributed by atoms with Crippen LogP contribution in [0.4, 0.5) is 5.69 Å². The van der Waals surface area contributed by atoms with Gasteiger partial charge in [-0.1, -0.05) is 11.6 Å². The van der Waals surface area contributed by atoms with Gasteiger partial charge in [0.2, 0.25) is 5.91 Å². The van der Waals surface area contributed by atoms with E-state index >= 15 is 0 Å². The number of aromatic nitrogens is 2. The van der Waals surface area contributed by atoms with Gasteiger partial charge >= 0.3 is 0 Å². The number of nitrogens with zero attached hydrogens (tertiary/aromatic N) is 2. The van der Waals surface area contributed by atoms with Gasteiger partial charge in [0.15, 0.2) is 0 Å². The van der Waals surface area contributed by atoms with E-state index in [1.54, 1.807) is 56.5 Å². The Morgan fingerprint density at radius 2 is 1.83 bits per heavy atom. The van der Waals surface area contributed by atoms with Crippen molar-refractivity contribution in [3.63, 3.8) is 0 Å². The van der Waals surface area contributed by atoms with Crippen molar-refractivity contribution < 1.29 is 14.3 Å². The lowest BCUT2D eigenvalue weighted by Crippen LogP contribution is -2.29. The van der Waals surface area contributed by atoms with Crippen LogP contribution in [0.25, 0.3) is 11.4 Å². The lowest BCUT2D eigenvalue weighted by Gasteiger charge is -2.14. The third kappa shape index (κ3) is 4.75. The van der Waals surface area contributed by atoms with Crippen LogP contribution in [-0.4, -0.2) is 29.7 Å². The number of hydrogen-bond acceptors (Lipinski definition) is 5. The van der Waals surface area contributed by atoms with Gasteiger partial charge in [0, 0.05) is 22.3 Å². The Labute approximate surface area is 172 Å². The molecule has 3 aromatic rings. The number of nitrogens with one attached hydrogen (secondary N) is 1. The normalized spacial score (nSPS) is 10.5. The minimum atomic E-state index is -0.409. The van der Waals surface area contributed by atoms with Crippen LogP contribution in [-0.2, 0) is 11.3 Å². The Bertz CT molecular complexity index is 1090. The van der Waals surface area contributed by atoms with Gasteiger partial charge in [-0.2, -0.15) is 0 Å². The second-order valence-electron chi connectivity index (χ2n) is 6.27. The van der Waals surface area contributed by atoms with Crippen LogP contribution in [0.3, 0.4) is 0 Å². The Morgan fingerprint density at radius 3 is 2.48 bits per heavy atom. The lowest BCUT2D eigenvalue weighted by molar-refractivity contribution is -0.116. The molecule has 0 aliphatic rings. The summed E-state index contributed by atoms with van der Waals surface area (Å²) in [5.41, 5.74) is 1.36. The van der Waals surface area contributed by atoms with Crippen LogP contribution in [0.5, 0.6) is 11.5 Å². The number of halogens is 1. The average molecular weight is 414 g/mol. The van der Waals surface area contributed by atoms with Gasteiger partial charge in [0.05, 0.1) is 19.9 Å². The molecule has 1 N–H and O–H groups in total. The molecule has 29 heavy (non-hydrogen) atoms. The number of aryl methyl sites for hydroxylation is 1. The molecule has 0 bridgehead atoms. The Hall–Kier alpha value is -3.32. The van der Waals surface area contributed by atoms with E-state index in [-0.39, 0.29) is 12.1 Å². The molecule has 150 valence electrons. The van der Waals surface area contributed by atoms with E-state index < -0.39 is 5.91 Å². The van der Waals surface area contributed by atoms with Gasteiger partial charge in [0.25, 0.3) is 5.56 Å². The van der Waals surface area contributed by atoms with Gasteiger partial charge in [-0.25, -0.2) is 4.98 Å². The Balaban J connectivity index is 1.93. The second kappa shape index (κ2) is 8.79. The highest BCUT2D eigenvalue weighted by Crippen LogP contribution is 2.27. The second-order valence-corrected chi connectivity index (χ2v) is 6.70. The van der Waals surface area contributed by atoms with Crippen molar-refractivity contribution in [3.05, 3.63) is 69.6 Å². The zero-order chi connectivity index (χ0) is 21.0. The highest BCUT2D eigenvalue weighted by molar-refractivity contribution is 6.31. The molecular formula is C21H20ClN3O4. The molecule has 0 spiro atoms. The van der Waals surface area contributed by atoms with Gasteiger partial charge in [-0.15, -0.1) is 0 Å². The summed E-state index contributed by atoms with van der Waals surface area (Å²) in [5, 5.41) is 3.19. The summed E-state index contributed by atoms with van der Waals surface area (Å²) in [6.45, 7) is 1.51. The third-order valence-electron chi connectivity index (χ3n) is 4.22. The van der Waals surface area contributed by atoms with E-state index in [2.05, 4.69) is 10.3 Å². The number of anilines is 1. The monoisotopic (exact) mass is 413 g/mol. The summed E-state index contributed by atoms with van der Waals surface area (Å²) in [6.07, 6.45) is 0. The van der Waals surface area contributed by atoms with Crippen molar-refractivity contribution >= 4 is 23.2 Å². The summed E-state index contributed by atoms with van der Waals surface area (Å²) in [4.78, 5) is 29.7. The predicted molar refractivity (Wildman–Crippen MR) is 112 cm³/mol. The topological polar surface area (TPSA) is 82.5 Å². The number of ether oxygens (including phenoxy) is 2. The van der Waals surface area contributed by atoms with E-state index in [0.717, 1.165) is 0 Å². The fourth-order valence-electron chi connectivity index (χ4n) is 2.85. The number of carbonyl (C=O) groups is 1. The first kappa shape index (κ1) is 20.4. The first-order chi connectivity index (χ1) is 13.9. The molecule has 0 fully saturated rings. The minimum absolute atomic E-state index is 0.219. The van der Waals surface area contributed by atoms with Crippen molar-refractivity contribution in [2.24, 2.45) is 0 Å². The van der Waals surface area contributed by atoms with E-state index in [9.17, 15) is 9.59 Å². The van der Waals surface area contributed by atoms with Crippen molar-refractivity contribution in [1.82, 2.24) is 9.55 Å². The number of methoxy groups -OCH3 is 2. The maximum Gasteiger partial charge on any atom is 0.254 e. The van der Waals surface area contributed by atoms with Gasteiger partial charge in [0.1, 0.15) is 23.9 Å². The fraction of sp³-hybridized carbons (Fsp3) is 0.190. The summed E-state index contributed by atoms with van der Waals surface area (Å²) >= 11 is 6.01. The van der Waals surface area contributed by atoms with Crippen LogP contribution in [0.2, 0.25) is 5.02 Å². The first-order valence-corrected chi connectivity index (χ1v) is 9.15. The standard InChI is InChI=1S/C21H20ClN3O4/c1-13-10-20(27)25(21(23-13)14-4-7-16(28-2)8-5-14)12-19(26)24-17-11-15(22)6-9-18(17)29-3/h4-11H,12H2,1-3H3,(H,24,26). The van der Waals surface area contributed by atoms with E-state index in [1.807, 2.05) is 0 Å². The van der Waals surface area contributed by atoms with Crippen molar-refractivity contribution in [2.75, 3.05) is 19.5 Å². The number of carbonyl (C=O) groups excluding carboxylic acids is 1. The molecule has 0 aliphatic heterocycles. The smallest absolute Gasteiger partial charge is 0.254 e. The molecule has 0 atom stereocenters. The highest BCUT2D eigenvalue weighted by atomic mass is 35.5. The summed E-state index contributed by atoms with van der Waals surface area (Å²) in [7, 11) is 3.07. The van der Waals surface area contributed by atoms with E-state index in [0.29, 0.717) is 39.3 Å². The molecule has 2 aromatic carbocycles. The maximum atomic E-state index is 12.7. The van der Waals surface area contributed by atoms with Crippen LogP contribution in [0.1, 0.15) is 5.69 Å². The van der Waals surface area contributed by atoms with E-state index in [1.165, 1.54) is 17.7 Å². The summed E-state index contributed by atoms with van der Waals surface area (Å²) in [6, 6.07) is 13.4. The Morgan fingerprint density at radius 1 is 1.10 bits per heavy atom. The molecule has 0 radical (unpaired) electrons. The zero-order valence-electron chi connectivity index (χ0n) is 16.2. The van der Waals surface area contributed by atoms with Crippen LogP contribution in [0, 0.1) is 6.92 Å². The van der Waals surface area contributed by atoms with Crippen molar-refractivity contribution in [3.8, 4) is 22.9 Å². The minimum Gasteiger partial charge on any atom is -0.497 e. The number of amides is 1. The molecule has 7 nitrogen and oxygen atoms in total. The van der Waals surface area contributed by atoms with Crippen LogP contribution < -0.4 is 20.3 Å². The average Bonchev–Trinajstić information content (AvgIpc) is 2.70. The number of benzene rings is 2. The fourth-order valence-corrected chi connectivity index (χ4v) is 3.02. The van der Waals surface area contributed by atoms with Crippen molar-refractivity contribution in [1.29, 1.82) is 0 Å².